The Morgan fingerprint density at radius 1 is 0.973 bits per heavy atom. The van der Waals surface area contributed by atoms with Gasteiger partial charge in [-0.3, -0.25) is 14.4 Å². The van der Waals surface area contributed by atoms with Gasteiger partial charge in [0.1, 0.15) is 5.58 Å². The number of fused-ring (bicyclic) bond motifs is 2. The van der Waals surface area contributed by atoms with Crippen LogP contribution in [0.3, 0.4) is 0 Å². The summed E-state index contributed by atoms with van der Waals surface area (Å²) in [6.07, 6.45) is 1.36. The van der Waals surface area contributed by atoms with Crippen LogP contribution in [-0.2, 0) is 32.8 Å². The van der Waals surface area contributed by atoms with Gasteiger partial charge in [0, 0.05) is 25.0 Å². The number of benzene rings is 2. The number of carbonyl (C=O) groups excluding carboxylic acids is 3. The second-order valence-electron chi connectivity index (χ2n) is 9.25. The van der Waals surface area contributed by atoms with Crippen LogP contribution in [-0.4, -0.2) is 66.8 Å². The summed E-state index contributed by atoms with van der Waals surface area (Å²) in [7, 11) is -3.83. The van der Waals surface area contributed by atoms with Crippen LogP contribution in [0, 0.1) is 0 Å². The van der Waals surface area contributed by atoms with Gasteiger partial charge >= 0.3 is 0 Å². The zero-order chi connectivity index (χ0) is 26.0. The fraction of sp³-hybridized carbons (Fsp3) is 0.346. The van der Waals surface area contributed by atoms with Gasteiger partial charge in [0.2, 0.25) is 5.91 Å². The van der Waals surface area contributed by atoms with Gasteiger partial charge in [0.05, 0.1) is 19.1 Å². The van der Waals surface area contributed by atoms with Gasteiger partial charge in [-0.05, 0) is 42.5 Å². The number of nitrogens with one attached hydrogen (secondary N) is 2. The zero-order valence-electron chi connectivity index (χ0n) is 20.2. The van der Waals surface area contributed by atoms with E-state index in [0.29, 0.717) is 31.4 Å². The van der Waals surface area contributed by atoms with Crippen molar-refractivity contribution in [1.29, 1.82) is 0 Å². The SMILES string of the molecule is O=C(CNC(=O)c1cc2ccccc2o1)NC1CCCN(S(=O)(=O)N2CCc3ccccc3C2)CC1=O. The normalized spacial score (nSPS) is 19.2. The van der Waals surface area contributed by atoms with Crippen molar-refractivity contribution in [3.8, 4) is 0 Å². The molecular formula is C26H28N4O6S. The van der Waals surface area contributed by atoms with Crippen molar-refractivity contribution in [3.05, 3.63) is 71.5 Å². The standard InChI is InChI=1S/C26H28N4O6S/c31-22-17-29(37(34,35)30-13-11-18-6-1-2-8-20(18)16-30)12-5-9-21(22)28-25(32)15-27-26(33)24-14-19-7-3-4-10-23(19)36-24/h1-4,6-8,10,14,21H,5,9,11-13,15-17H2,(H,27,33)(H,28,32). The van der Waals surface area contributed by atoms with Gasteiger partial charge in [-0.25, -0.2) is 0 Å². The highest BCUT2D eigenvalue weighted by Crippen LogP contribution is 2.24. The molecule has 1 atom stereocenters. The number of nitrogens with zero attached hydrogens (tertiary/aromatic N) is 2. The van der Waals surface area contributed by atoms with Crippen LogP contribution in [0.2, 0.25) is 0 Å². The first kappa shape index (κ1) is 25.1. The summed E-state index contributed by atoms with van der Waals surface area (Å²) < 4.78 is 34.7. The van der Waals surface area contributed by atoms with Crippen LogP contribution in [0.5, 0.6) is 0 Å². The lowest BCUT2D eigenvalue weighted by Crippen LogP contribution is -2.50. The molecule has 1 aromatic heterocycles. The van der Waals surface area contributed by atoms with Crippen LogP contribution in [0.1, 0.15) is 34.5 Å². The minimum atomic E-state index is -3.83. The van der Waals surface area contributed by atoms with Gasteiger partial charge in [-0.2, -0.15) is 17.0 Å². The summed E-state index contributed by atoms with van der Waals surface area (Å²) in [6.45, 7) is 0.177. The minimum absolute atomic E-state index is 0.0840. The minimum Gasteiger partial charge on any atom is -0.451 e. The maximum atomic E-state index is 13.3. The molecule has 2 aliphatic heterocycles. The second-order valence-corrected chi connectivity index (χ2v) is 11.2. The molecule has 1 fully saturated rings. The van der Waals surface area contributed by atoms with E-state index in [9.17, 15) is 22.8 Å². The molecule has 1 saturated heterocycles. The molecule has 5 rings (SSSR count). The van der Waals surface area contributed by atoms with Crippen molar-refractivity contribution >= 4 is 38.8 Å². The predicted molar refractivity (Wildman–Crippen MR) is 136 cm³/mol. The second kappa shape index (κ2) is 10.4. The Hall–Kier alpha value is -3.54. The summed E-state index contributed by atoms with van der Waals surface area (Å²) in [4.78, 5) is 37.8. The monoisotopic (exact) mass is 524 g/mol. The number of ketones is 1. The Balaban J connectivity index is 1.15. The molecule has 0 spiro atoms. The molecule has 2 amide bonds. The fourth-order valence-electron chi connectivity index (χ4n) is 4.76. The number of amides is 2. The first-order valence-electron chi connectivity index (χ1n) is 12.2. The molecule has 37 heavy (non-hydrogen) atoms. The maximum Gasteiger partial charge on any atom is 0.287 e. The van der Waals surface area contributed by atoms with Gasteiger partial charge < -0.3 is 15.1 Å². The third-order valence-electron chi connectivity index (χ3n) is 6.76. The molecule has 11 heteroatoms. The van der Waals surface area contributed by atoms with Crippen molar-refractivity contribution in [3.63, 3.8) is 0 Å². The van der Waals surface area contributed by atoms with Crippen LogP contribution in [0.15, 0.2) is 59.0 Å². The van der Waals surface area contributed by atoms with Gasteiger partial charge in [0.25, 0.3) is 16.1 Å². The van der Waals surface area contributed by atoms with E-state index in [1.165, 1.54) is 8.61 Å². The summed E-state index contributed by atoms with van der Waals surface area (Å²) in [5.74, 6) is -1.37. The number of para-hydroxylation sites is 1. The Bertz CT molecular complexity index is 1420. The number of furan rings is 1. The lowest BCUT2D eigenvalue weighted by molar-refractivity contribution is -0.127. The summed E-state index contributed by atoms with van der Waals surface area (Å²) in [5, 5.41) is 5.91. The molecule has 2 aromatic carbocycles. The number of rotatable bonds is 6. The highest BCUT2D eigenvalue weighted by atomic mass is 32.2. The van der Waals surface area contributed by atoms with Crippen molar-refractivity contribution < 1.29 is 27.2 Å². The number of hydrogen-bond donors (Lipinski definition) is 2. The van der Waals surface area contributed by atoms with E-state index < -0.39 is 28.1 Å². The molecule has 10 nitrogen and oxygen atoms in total. The molecule has 0 aliphatic carbocycles. The quantitative estimate of drug-likeness (QED) is 0.504. The van der Waals surface area contributed by atoms with E-state index in [2.05, 4.69) is 10.6 Å². The molecule has 3 heterocycles. The smallest absolute Gasteiger partial charge is 0.287 e. The van der Waals surface area contributed by atoms with Gasteiger partial charge in [0.15, 0.2) is 11.5 Å². The molecular weight excluding hydrogens is 496 g/mol. The Kier molecular flexibility index (Phi) is 7.09. The number of Topliss-reactive ketones (excluding diaryl/α,β-unsaturated/α-hetero) is 1. The van der Waals surface area contributed by atoms with E-state index in [1.54, 1.807) is 18.2 Å². The van der Waals surface area contributed by atoms with E-state index in [4.69, 9.17) is 4.42 Å². The fourth-order valence-corrected chi connectivity index (χ4v) is 6.36. The topological polar surface area (TPSA) is 129 Å². The average molecular weight is 525 g/mol. The van der Waals surface area contributed by atoms with Crippen molar-refractivity contribution in [2.45, 2.75) is 31.8 Å². The zero-order valence-corrected chi connectivity index (χ0v) is 21.0. The highest BCUT2D eigenvalue weighted by Gasteiger charge is 2.36. The lowest BCUT2D eigenvalue weighted by atomic mass is 10.0. The number of hydrogen-bond acceptors (Lipinski definition) is 6. The molecule has 0 saturated carbocycles. The Labute approximate surface area is 214 Å². The Morgan fingerprint density at radius 3 is 2.51 bits per heavy atom. The van der Waals surface area contributed by atoms with Crippen molar-refractivity contribution in [2.75, 3.05) is 26.2 Å². The Morgan fingerprint density at radius 2 is 1.70 bits per heavy atom. The first-order chi connectivity index (χ1) is 17.8. The van der Waals surface area contributed by atoms with Crippen molar-refractivity contribution in [1.82, 2.24) is 19.2 Å². The highest BCUT2D eigenvalue weighted by molar-refractivity contribution is 7.86. The van der Waals surface area contributed by atoms with Crippen molar-refractivity contribution in [2.24, 2.45) is 0 Å². The molecule has 2 N–H and O–H groups in total. The lowest BCUT2D eigenvalue weighted by Gasteiger charge is -2.32. The predicted octanol–water partition coefficient (Wildman–Crippen LogP) is 1.62. The molecule has 194 valence electrons. The average Bonchev–Trinajstić information content (AvgIpc) is 3.25. The third-order valence-corrected chi connectivity index (χ3v) is 8.69. The van der Waals surface area contributed by atoms with Gasteiger partial charge in [-0.15, -0.1) is 0 Å². The summed E-state index contributed by atoms with van der Waals surface area (Å²) in [5.41, 5.74) is 2.67. The molecule has 0 radical (unpaired) electrons. The number of carbonyl (C=O) groups is 3. The van der Waals surface area contributed by atoms with E-state index >= 15 is 0 Å². The maximum absolute atomic E-state index is 13.3. The van der Waals surface area contributed by atoms with Crippen LogP contribution < -0.4 is 10.6 Å². The van der Waals surface area contributed by atoms with Crippen LogP contribution in [0.4, 0.5) is 0 Å². The molecule has 0 bridgehead atoms. The first-order valence-corrected chi connectivity index (χ1v) is 13.6. The van der Waals surface area contributed by atoms with E-state index in [-0.39, 0.29) is 37.7 Å². The molecule has 2 aliphatic rings. The van der Waals surface area contributed by atoms with Crippen LogP contribution in [0.25, 0.3) is 11.0 Å². The third kappa shape index (κ3) is 5.43. The van der Waals surface area contributed by atoms with E-state index in [1.807, 2.05) is 36.4 Å². The van der Waals surface area contributed by atoms with Crippen LogP contribution >= 0.6 is 0 Å². The van der Waals surface area contributed by atoms with Gasteiger partial charge in [-0.1, -0.05) is 42.5 Å². The molecule has 3 aromatic rings. The summed E-state index contributed by atoms with van der Waals surface area (Å²) >= 11 is 0. The largest absolute Gasteiger partial charge is 0.451 e. The molecule has 1 unspecified atom stereocenters. The van der Waals surface area contributed by atoms with E-state index in [0.717, 1.165) is 16.5 Å². The summed E-state index contributed by atoms with van der Waals surface area (Å²) in [6, 6.07) is 15.7.